The van der Waals surface area contributed by atoms with E-state index in [4.69, 9.17) is 9.26 Å². The predicted molar refractivity (Wildman–Crippen MR) is 116 cm³/mol. The molecule has 1 aromatic heterocycles. The van der Waals surface area contributed by atoms with Crippen LogP contribution in [0.1, 0.15) is 28.1 Å². The Morgan fingerprint density at radius 2 is 1.83 bits per heavy atom. The van der Waals surface area contributed by atoms with Crippen LogP contribution in [0.25, 0.3) is 0 Å². The second kappa shape index (κ2) is 10.7. The smallest absolute Gasteiger partial charge is 0.224 e. The lowest BCUT2D eigenvalue weighted by molar-refractivity contribution is -0.120. The molecule has 0 aliphatic rings. The summed E-state index contributed by atoms with van der Waals surface area (Å²) in [5.41, 5.74) is 4.08. The zero-order valence-electron chi connectivity index (χ0n) is 16.8. The minimum absolute atomic E-state index is 0.0368. The number of carbonyl (C=O) groups excluding carboxylic acids is 1. The summed E-state index contributed by atoms with van der Waals surface area (Å²) in [5.74, 6) is 3.43. The quantitative estimate of drug-likeness (QED) is 0.500. The topological polar surface area (TPSA) is 64.4 Å². The van der Waals surface area contributed by atoms with Crippen LogP contribution in [-0.4, -0.2) is 23.4 Å². The second-order valence-electron chi connectivity index (χ2n) is 6.80. The van der Waals surface area contributed by atoms with Gasteiger partial charge in [0.05, 0.1) is 17.7 Å². The van der Waals surface area contributed by atoms with Crippen LogP contribution >= 0.6 is 11.8 Å². The van der Waals surface area contributed by atoms with Crippen molar-refractivity contribution in [3.8, 4) is 5.75 Å². The molecule has 152 valence electrons. The maximum atomic E-state index is 12.1. The summed E-state index contributed by atoms with van der Waals surface area (Å²) in [6.45, 7) is 4.87. The van der Waals surface area contributed by atoms with Crippen molar-refractivity contribution in [1.29, 1.82) is 0 Å². The highest BCUT2D eigenvalue weighted by atomic mass is 32.2. The molecule has 3 aromatic rings. The Balaban J connectivity index is 1.35. The Labute approximate surface area is 175 Å². The van der Waals surface area contributed by atoms with Gasteiger partial charge in [0.2, 0.25) is 5.91 Å². The fourth-order valence-corrected chi connectivity index (χ4v) is 3.66. The number of aromatic nitrogens is 1. The molecule has 29 heavy (non-hydrogen) atoms. The summed E-state index contributed by atoms with van der Waals surface area (Å²) in [6, 6.07) is 18.0. The number of nitrogens with zero attached hydrogens (tertiary/aromatic N) is 1. The molecule has 0 atom stereocenters. The number of nitrogens with one attached hydrogen (secondary N) is 1. The first kappa shape index (κ1) is 21.0. The van der Waals surface area contributed by atoms with Gasteiger partial charge in [0.15, 0.2) is 0 Å². The minimum Gasteiger partial charge on any atom is -0.489 e. The van der Waals surface area contributed by atoms with Gasteiger partial charge < -0.3 is 14.6 Å². The van der Waals surface area contributed by atoms with Crippen molar-refractivity contribution >= 4 is 17.7 Å². The van der Waals surface area contributed by atoms with Crippen molar-refractivity contribution in [3.05, 3.63) is 82.7 Å². The van der Waals surface area contributed by atoms with Gasteiger partial charge in [0.25, 0.3) is 0 Å². The Hall–Kier alpha value is -2.73. The van der Waals surface area contributed by atoms with Crippen molar-refractivity contribution in [1.82, 2.24) is 10.5 Å². The predicted octanol–water partition coefficient (Wildman–Crippen LogP) is 4.46. The van der Waals surface area contributed by atoms with Gasteiger partial charge in [-0.05, 0) is 37.1 Å². The van der Waals surface area contributed by atoms with Crippen molar-refractivity contribution in [2.75, 3.05) is 12.3 Å². The summed E-state index contributed by atoms with van der Waals surface area (Å²) in [6.07, 6.45) is 0.369. The highest BCUT2D eigenvalue weighted by Gasteiger charge is 2.10. The van der Waals surface area contributed by atoms with E-state index in [1.165, 1.54) is 5.56 Å². The van der Waals surface area contributed by atoms with Crippen LogP contribution in [0.15, 0.2) is 59.1 Å². The standard InChI is InChI=1S/C23H26N2O3S/c1-17-22(18(2)28-25-17)15-27-21-10-8-19(9-11-21)14-23(26)24-12-13-29-16-20-6-4-3-5-7-20/h3-11H,12-16H2,1-2H3,(H,24,26). The molecule has 6 heteroatoms. The fourth-order valence-electron chi connectivity index (χ4n) is 2.84. The Morgan fingerprint density at radius 1 is 1.07 bits per heavy atom. The molecule has 1 N–H and O–H groups in total. The third-order valence-corrected chi connectivity index (χ3v) is 5.56. The van der Waals surface area contributed by atoms with Crippen LogP contribution in [-0.2, 0) is 23.6 Å². The molecule has 0 radical (unpaired) electrons. The Kier molecular flexibility index (Phi) is 7.76. The van der Waals surface area contributed by atoms with Crippen molar-refractivity contribution < 1.29 is 14.1 Å². The molecule has 0 fully saturated rings. The average molecular weight is 411 g/mol. The number of aryl methyl sites for hydroxylation is 2. The third-order valence-electron chi connectivity index (χ3n) is 4.53. The average Bonchev–Trinajstić information content (AvgIpc) is 3.05. The summed E-state index contributed by atoms with van der Waals surface area (Å²) < 4.78 is 10.9. The number of rotatable bonds is 10. The van der Waals surface area contributed by atoms with Gasteiger partial charge in [-0.2, -0.15) is 11.8 Å². The highest BCUT2D eigenvalue weighted by Crippen LogP contribution is 2.18. The van der Waals surface area contributed by atoms with Crippen molar-refractivity contribution in [2.24, 2.45) is 0 Å². The van der Waals surface area contributed by atoms with E-state index < -0.39 is 0 Å². The van der Waals surface area contributed by atoms with E-state index in [1.807, 2.05) is 68.1 Å². The molecular weight excluding hydrogens is 384 g/mol. The summed E-state index contributed by atoms with van der Waals surface area (Å²) in [5, 5.41) is 6.91. The van der Waals surface area contributed by atoms with Crippen LogP contribution in [0.2, 0.25) is 0 Å². The van der Waals surface area contributed by atoms with E-state index in [0.717, 1.165) is 39.8 Å². The van der Waals surface area contributed by atoms with E-state index in [2.05, 4.69) is 22.6 Å². The molecule has 0 saturated carbocycles. The van der Waals surface area contributed by atoms with Gasteiger partial charge in [-0.3, -0.25) is 4.79 Å². The van der Waals surface area contributed by atoms with Gasteiger partial charge >= 0.3 is 0 Å². The highest BCUT2D eigenvalue weighted by molar-refractivity contribution is 7.98. The first-order valence-electron chi connectivity index (χ1n) is 9.63. The normalized spacial score (nSPS) is 10.7. The minimum atomic E-state index is 0.0368. The number of thioether (sulfide) groups is 1. The molecular formula is C23H26N2O3S. The van der Waals surface area contributed by atoms with Gasteiger partial charge in [0, 0.05) is 18.1 Å². The first-order chi connectivity index (χ1) is 14.1. The molecule has 3 rings (SSSR count). The van der Waals surface area contributed by atoms with Crippen molar-refractivity contribution in [2.45, 2.75) is 32.6 Å². The number of ether oxygens (including phenoxy) is 1. The molecule has 2 aromatic carbocycles. The van der Waals surface area contributed by atoms with E-state index >= 15 is 0 Å². The van der Waals surface area contributed by atoms with Crippen LogP contribution in [0.4, 0.5) is 0 Å². The number of hydrogen-bond donors (Lipinski definition) is 1. The third kappa shape index (κ3) is 6.68. The first-order valence-corrected chi connectivity index (χ1v) is 10.8. The molecule has 0 unspecified atom stereocenters. The number of hydrogen-bond acceptors (Lipinski definition) is 5. The summed E-state index contributed by atoms with van der Waals surface area (Å²) in [4.78, 5) is 12.1. The molecule has 0 aliphatic carbocycles. The SMILES string of the molecule is Cc1noc(C)c1COc1ccc(CC(=O)NCCSCc2ccccc2)cc1. The van der Waals surface area contributed by atoms with Gasteiger partial charge in [-0.1, -0.05) is 47.6 Å². The molecule has 1 amide bonds. The molecule has 0 aliphatic heterocycles. The molecule has 0 saturated heterocycles. The second-order valence-corrected chi connectivity index (χ2v) is 7.91. The number of benzene rings is 2. The Bertz CT molecular complexity index is 888. The summed E-state index contributed by atoms with van der Waals surface area (Å²) >= 11 is 1.82. The number of amides is 1. The maximum Gasteiger partial charge on any atom is 0.224 e. The van der Waals surface area contributed by atoms with Gasteiger partial charge in [-0.15, -0.1) is 0 Å². The largest absolute Gasteiger partial charge is 0.489 e. The lowest BCUT2D eigenvalue weighted by Gasteiger charge is -2.08. The van der Waals surface area contributed by atoms with Gasteiger partial charge in [-0.25, -0.2) is 0 Å². The van der Waals surface area contributed by atoms with Crippen LogP contribution in [0.5, 0.6) is 5.75 Å². The van der Waals surface area contributed by atoms with E-state index in [9.17, 15) is 4.79 Å². The van der Waals surface area contributed by atoms with Gasteiger partial charge in [0.1, 0.15) is 18.1 Å². The van der Waals surface area contributed by atoms with E-state index in [1.54, 1.807) is 0 Å². The zero-order chi connectivity index (χ0) is 20.5. The molecule has 5 nitrogen and oxygen atoms in total. The lowest BCUT2D eigenvalue weighted by Crippen LogP contribution is -2.27. The van der Waals surface area contributed by atoms with E-state index in [-0.39, 0.29) is 5.91 Å². The molecule has 0 spiro atoms. The van der Waals surface area contributed by atoms with Crippen LogP contribution in [0.3, 0.4) is 0 Å². The number of carbonyl (C=O) groups is 1. The Morgan fingerprint density at radius 3 is 2.52 bits per heavy atom. The van der Waals surface area contributed by atoms with E-state index in [0.29, 0.717) is 19.6 Å². The van der Waals surface area contributed by atoms with Crippen LogP contribution < -0.4 is 10.1 Å². The molecule has 0 bridgehead atoms. The summed E-state index contributed by atoms with van der Waals surface area (Å²) in [7, 11) is 0. The molecule has 1 heterocycles. The zero-order valence-corrected chi connectivity index (χ0v) is 17.6. The van der Waals surface area contributed by atoms with Crippen LogP contribution in [0, 0.1) is 13.8 Å². The fraction of sp³-hybridized carbons (Fsp3) is 0.304. The monoisotopic (exact) mass is 410 g/mol. The maximum absolute atomic E-state index is 12.1. The lowest BCUT2D eigenvalue weighted by atomic mass is 10.1. The van der Waals surface area contributed by atoms with Crippen molar-refractivity contribution in [3.63, 3.8) is 0 Å².